The van der Waals surface area contributed by atoms with E-state index in [2.05, 4.69) is 4.90 Å². The Balaban J connectivity index is 2.19. The molecule has 2 unspecified atom stereocenters. The van der Waals surface area contributed by atoms with Crippen molar-refractivity contribution in [1.82, 2.24) is 0 Å². The lowest BCUT2D eigenvalue weighted by Crippen LogP contribution is -2.31. The van der Waals surface area contributed by atoms with Crippen molar-refractivity contribution in [2.24, 2.45) is 5.73 Å². The van der Waals surface area contributed by atoms with E-state index in [1.54, 1.807) is 6.92 Å². The van der Waals surface area contributed by atoms with Crippen LogP contribution in [0.25, 0.3) is 0 Å². The van der Waals surface area contributed by atoms with Crippen LogP contribution in [-0.4, -0.2) is 11.2 Å². The van der Waals surface area contributed by atoms with Crippen molar-refractivity contribution in [1.29, 1.82) is 0 Å². The molecule has 0 saturated carbocycles. The first-order valence-corrected chi connectivity index (χ1v) is 6.78. The number of hydrogen-bond donors (Lipinski definition) is 2. The molecule has 2 aromatic carbocycles. The van der Waals surface area contributed by atoms with Crippen LogP contribution in [0.5, 0.6) is 0 Å². The molecule has 1 heterocycles. The molecular weight excluding hydrogens is 248 g/mol. The van der Waals surface area contributed by atoms with Crippen LogP contribution in [0.15, 0.2) is 66.4 Å². The fourth-order valence-electron chi connectivity index (χ4n) is 2.65. The van der Waals surface area contributed by atoms with Gasteiger partial charge in [0.2, 0.25) is 0 Å². The van der Waals surface area contributed by atoms with E-state index in [1.165, 1.54) is 0 Å². The molecule has 0 bridgehead atoms. The molecule has 0 amide bonds. The molecule has 0 radical (unpaired) electrons. The van der Waals surface area contributed by atoms with Gasteiger partial charge in [0.1, 0.15) is 0 Å². The molecule has 3 rings (SSSR count). The van der Waals surface area contributed by atoms with Gasteiger partial charge in [0, 0.05) is 11.4 Å². The molecule has 1 aliphatic heterocycles. The summed E-state index contributed by atoms with van der Waals surface area (Å²) in [6.45, 7) is 1.77. The summed E-state index contributed by atoms with van der Waals surface area (Å²) < 4.78 is 0. The molecule has 3 N–H and O–H groups in total. The van der Waals surface area contributed by atoms with Gasteiger partial charge in [-0.25, -0.2) is 0 Å². The third kappa shape index (κ3) is 2.11. The molecule has 3 heteroatoms. The predicted octanol–water partition coefficient (Wildman–Crippen LogP) is 3.10. The van der Waals surface area contributed by atoms with Crippen molar-refractivity contribution in [2.45, 2.75) is 19.1 Å². The highest BCUT2D eigenvalue weighted by Crippen LogP contribution is 2.40. The molecule has 0 aromatic heterocycles. The van der Waals surface area contributed by atoms with Crippen LogP contribution >= 0.6 is 0 Å². The van der Waals surface area contributed by atoms with Gasteiger partial charge in [0.15, 0.2) is 0 Å². The standard InChI is InChI=1S/C17H18N2O/c1-12(20)17-11-15(18)14-9-5-6-10-16(14)19(17)13-7-3-2-4-8-13/h2-12,15,20H,18H2,1H3. The third-order valence-corrected chi connectivity index (χ3v) is 3.59. The Morgan fingerprint density at radius 3 is 2.40 bits per heavy atom. The summed E-state index contributed by atoms with van der Waals surface area (Å²) in [7, 11) is 0. The monoisotopic (exact) mass is 266 g/mol. The average Bonchev–Trinajstić information content (AvgIpc) is 2.48. The Kier molecular flexibility index (Phi) is 3.30. The van der Waals surface area contributed by atoms with Crippen molar-refractivity contribution in [3.05, 3.63) is 71.9 Å². The number of aliphatic hydroxyl groups is 1. The molecule has 0 fully saturated rings. The zero-order valence-electron chi connectivity index (χ0n) is 11.4. The second-order valence-electron chi connectivity index (χ2n) is 5.02. The highest BCUT2D eigenvalue weighted by atomic mass is 16.3. The van der Waals surface area contributed by atoms with E-state index in [0.29, 0.717) is 0 Å². The van der Waals surface area contributed by atoms with Crippen LogP contribution in [0.4, 0.5) is 11.4 Å². The van der Waals surface area contributed by atoms with E-state index in [9.17, 15) is 5.11 Å². The lowest BCUT2D eigenvalue weighted by molar-refractivity contribution is 0.228. The SMILES string of the molecule is CC(O)C1=CC(N)c2ccccc2N1c1ccccc1. The number of aliphatic hydroxyl groups excluding tert-OH is 1. The minimum absolute atomic E-state index is 0.184. The van der Waals surface area contributed by atoms with Gasteiger partial charge >= 0.3 is 0 Å². The number of benzene rings is 2. The van der Waals surface area contributed by atoms with Gasteiger partial charge < -0.3 is 15.7 Å². The van der Waals surface area contributed by atoms with Gasteiger partial charge in [-0.2, -0.15) is 0 Å². The van der Waals surface area contributed by atoms with Gasteiger partial charge in [-0.15, -0.1) is 0 Å². The smallest absolute Gasteiger partial charge is 0.0913 e. The van der Waals surface area contributed by atoms with Crippen molar-refractivity contribution in [3.8, 4) is 0 Å². The van der Waals surface area contributed by atoms with Crippen LogP contribution in [-0.2, 0) is 0 Å². The first-order valence-electron chi connectivity index (χ1n) is 6.78. The quantitative estimate of drug-likeness (QED) is 0.878. The van der Waals surface area contributed by atoms with E-state index in [0.717, 1.165) is 22.6 Å². The number of anilines is 2. The molecule has 20 heavy (non-hydrogen) atoms. The lowest BCUT2D eigenvalue weighted by Gasteiger charge is -2.36. The molecule has 1 aliphatic rings. The third-order valence-electron chi connectivity index (χ3n) is 3.59. The highest BCUT2D eigenvalue weighted by molar-refractivity contribution is 5.74. The lowest BCUT2D eigenvalue weighted by atomic mass is 9.96. The summed E-state index contributed by atoms with van der Waals surface area (Å²) in [5.74, 6) is 0. The fourth-order valence-corrected chi connectivity index (χ4v) is 2.65. The van der Waals surface area contributed by atoms with Gasteiger partial charge in [-0.1, -0.05) is 36.4 Å². The maximum absolute atomic E-state index is 10.1. The normalized spacial score (nSPS) is 19.2. The number of rotatable bonds is 2. The van der Waals surface area contributed by atoms with Gasteiger partial charge in [0.25, 0.3) is 0 Å². The Morgan fingerprint density at radius 1 is 1.05 bits per heavy atom. The van der Waals surface area contributed by atoms with Crippen molar-refractivity contribution in [2.75, 3.05) is 4.90 Å². The molecule has 3 nitrogen and oxygen atoms in total. The zero-order chi connectivity index (χ0) is 14.1. The summed E-state index contributed by atoms with van der Waals surface area (Å²) in [4.78, 5) is 2.07. The summed E-state index contributed by atoms with van der Waals surface area (Å²) in [6.07, 6.45) is 1.36. The zero-order valence-corrected chi connectivity index (χ0v) is 11.4. The summed E-state index contributed by atoms with van der Waals surface area (Å²) in [5, 5.41) is 10.1. The largest absolute Gasteiger partial charge is 0.387 e. The topological polar surface area (TPSA) is 49.5 Å². The number of nitrogens with zero attached hydrogens (tertiary/aromatic N) is 1. The van der Waals surface area contributed by atoms with Crippen molar-refractivity contribution >= 4 is 11.4 Å². The minimum atomic E-state index is -0.574. The van der Waals surface area contributed by atoms with E-state index < -0.39 is 6.10 Å². The molecule has 0 aliphatic carbocycles. The van der Waals surface area contributed by atoms with Crippen molar-refractivity contribution in [3.63, 3.8) is 0 Å². The van der Waals surface area contributed by atoms with Crippen LogP contribution in [0.1, 0.15) is 18.5 Å². The van der Waals surface area contributed by atoms with Crippen LogP contribution in [0.3, 0.4) is 0 Å². The first-order chi connectivity index (χ1) is 9.68. The van der Waals surface area contributed by atoms with Gasteiger partial charge in [-0.3, -0.25) is 0 Å². The fraction of sp³-hybridized carbons (Fsp3) is 0.176. The van der Waals surface area contributed by atoms with Crippen molar-refractivity contribution < 1.29 is 5.11 Å². The highest BCUT2D eigenvalue weighted by Gasteiger charge is 2.27. The van der Waals surface area contributed by atoms with Crippen LogP contribution in [0, 0.1) is 0 Å². The summed E-state index contributed by atoms with van der Waals surface area (Å²) in [6, 6.07) is 17.9. The first kappa shape index (κ1) is 12.9. The van der Waals surface area contributed by atoms with E-state index in [1.807, 2.05) is 60.7 Å². The molecule has 0 spiro atoms. The molecule has 0 saturated heterocycles. The number of fused-ring (bicyclic) bond motifs is 1. The van der Waals surface area contributed by atoms with Gasteiger partial charge in [-0.05, 0) is 36.8 Å². The van der Waals surface area contributed by atoms with E-state index >= 15 is 0 Å². The number of nitrogens with two attached hydrogens (primary N) is 1. The number of para-hydroxylation sites is 2. The maximum Gasteiger partial charge on any atom is 0.0913 e. The molecule has 102 valence electrons. The molecule has 2 atom stereocenters. The molecular formula is C17H18N2O. The predicted molar refractivity (Wildman–Crippen MR) is 81.7 cm³/mol. The molecule has 2 aromatic rings. The van der Waals surface area contributed by atoms with Gasteiger partial charge in [0.05, 0.1) is 17.8 Å². The minimum Gasteiger partial charge on any atom is -0.387 e. The summed E-state index contributed by atoms with van der Waals surface area (Å²) >= 11 is 0. The van der Waals surface area contributed by atoms with E-state index in [4.69, 9.17) is 5.73 Å². The second-order valence-corrected chi connectivity index (χ2v) is 5.02. The number of hydrogen-bond acceptors (Lipinski definition) is 3. The average molecular weight is 266 g/mol. The Morgan fingerprint density at radius 2 is 1.70 bits per heavy atom. The van der Waals surface area contributed by atoms with Crippen LogP contribution < -0.4 is 10.6 Å². The summed E-state index contributed by atoms with van der Waals surface area (Å²) in [5.41, 5.74) is 10.2. The van der Waals surface area contributed by atoms with E-state index in [-0.39, 0.29) is 6.04 Å². The Hall–Kier alpha value is -2.10. The van der Waals surface area contributed by atoms with Crippen LogP contribution in [0.2, 0.25) is 0 Å². The maximum atomic E-state index is 10.1. The Labute approximate surface area is 119 Å². The Bertz CT molecular complexity index is 634. The second kappa shape index (κ2) is 5.12.